The molecule has 0 saturated carbocycles. The summed E-state index contributed by atoms with van der Waals surface area (Å²) in [7, 11) is 0. The van der Waals surface area contributed by atoms with Gasteiger partial charge in [-0.15, -0.1) is 0 Å². The van der Waals surface area contributed by atoms with Crippen molar-refractivity contribution in [3.63, 3.8) is 0 Å². The van der Waals surface area contributed by atoms with Crippen LogP contribution in [0.4, 0.5) is 17.6 Å². The first-order valence-electron chi connectivity index (χ1n) is 6.63. The van der Waals surface area contributed by atoms with Crippen molar-refractivity contribution in [2.45, 2.75) is 13.1 Å². The average Bonchev–Trinajstić information content (AvgIpc) is 2.51. The maximum atomic E-state index is 13.2. The van der Waals surface area contributed by atoms with Crippen LogP contribution in [0.25, 0.3) is 11.3 Å². The molecule has 1 aromatic carbocycles. The quantitative estimate of drug-likeness (QED) is 0.797. The van der Waals surface area contributed by atoms with Gasteiger partial charge in [0.2, 0.25) is 5.88 Å². The number of ketones is 1. The van der Waals surface area contributed by atoms with Crippen LogP contribution in [0, 0.1) is 17.1 Å². The Kier molecular flexibility index (Phi) is 4.83. The molecule has 8 heteroatoms. The summed E-state index contributed by atoms with van der Waals surface area (Å²) in [5.41, 5.74) is -1.99. The van der Waals surface area contributed by atoms with Gasteiger partial charge in [0.25, 0.3) is 0 Å². The van der Waals surface area contributed by atoms with Gasteiger partial charge in [-0.3, -0.25) is 4.79 Å². The smallest absolute Gasteiger partial charge is 0.417 e. The Morgan fingerprint density at radius 3 is 2.42 bits per heavy atom. The minimum absolute atomic E-state index is 0.153. The van der Waals surface area contributed by atoms with Gasteiger partial charge in [-0.25, -0.2) is 9.37 Å². The molecule has 0 fully saturated rings. The standard InChI is InChI=1S/C16H10F4N2O2/c1-9(23)8-24-15-12(7-21)13(16(18,19)20)6-14(22-15)10-2-4-11(17)5-3-10/h2-6H,8H2,1H3. The molecule has 0 atom stereocenters. The van der Waals surface area contributed by atoms with E-state index < -0.39 is 41.4 Å². The SMILES string of the molecule is CC(=O)COc1nc(-c2ccc(F)cc2)cc(C(F)(F)F)c1C#N. The van der Waals surface area contributed by atoms with Crippen LogP contribution < -0.4 is 4.74 Å². The Hall–Kier alpha value is -2.95. The summed E-state index contributed by atoms with van der Waals surface area (Å²) in [6.45, 7) is 0.659. The number of carbonyl (C=O) groups is 1. The second kappa shape index (κ2) is 6.66. The van der Waals surface area contributed by atoms with E-state index in [9.17, 15) is 22.4 Å². The van der Waals surface area contributed by atoms with Crippen LogP contribution in [0.15, 0.2) is 30.3 Å². The first kappa shape index (κ1) is 17.4. The summed E-state index contributed by atoms with van der Waals surface area (Å²) in [4.78, 5) is 14.9. The van der Waals surface area contributed by atoms with Gasteiger partial charge in [-0.1, -0.05) is 0 Å². The highest BCUT2D eigenvalue weighted by atomic mass is 19.4. The maximum absolute atomic E-state index is 13.2. The van der Waals surface area contributed by atoms with E-state index in [0.717, 1.165) is 12.1 Å². The number of nitriles is 1. The zero-order valence-electron chi connectivity index (χ0n) is 12.3. The Bertz CT molecular complexity index is 809. The number of carbonyl (C=O) groups excluding carboxylic acids is 1. The topological polar surface area (TPSA) is 63.0 Å². The number of hydrogen-bond acceptors (Lipinski definition) is 4. The van der Waals surface area contributed by atoms with Crippen LogP contribution in [0.1, 0.15) is 18.1 Å². The number of halogens is 4. The van der Waals surface area contributed by atoms with Gasteiger partial charge in [0.05, 0.1) is 11.3 Å². The fourth-order valence-electron chi connectivity index (χ4n) is 1.90. The third-order valence-corrected chi connectivity index (χ3v) is 2.96. The Balaban J connectivity index is 2.64. The largest absolute Gasteiger partial charge is 0.469 e. The zero-order chi connectivity index (χ0) is 17.9. The van der Waals surface area contributed by atoms with Crippen LogP contribution in [0.2, 0.25) is 0 Å². The van der Waals surface area contributed by atoms with Crippen LogP contribution in [-0.4, -0.2) is 17.4 Å². The second-order valence-electron chi connectivity index (χ2n) is 4.84. The molecule has 1 heterocycles. The van der Waals surface area contributed by atoms with Crippen molar-refractivity contribution in [2.75, 3.05) is 6.61 Å². The molecule has 0 aliphatic carbocycles. The van der Waals surface area contributed by atoms with Gasteiger partial charge in [-0.2, -0.15) is 18.4 Å². The molecule has 0 radical (unpaired) electrons. The molecule has 0 saturated heterocycles. The summed E-state index contributed by atoms with van der Waals surface area (Å²) in [5.74, 6) is -1.60. The molecule has 4 nitrogen and oxygen atoms in total. The Labute approximate surface area is 134 Å². The van der Waals surface area contributed by atoms with Crippen LogP contribution in [0.5, 0.6) is 5.88 Å². The summed E-state index contributed by atoms with van der Waals surface area (Å²) < 4.78 is 57.6. The van der Waals surface area contributed by atoms with E-state index in [-0.39, 0.29) is 11.3 Å². The molecule has 0 N–H and O–H groups in total. The Morgan fingerprint density at radius 2 is 1.92 bits per heavy atom. The number of aromatic nitrogens is 1. The van der Waals surface area contributed by atoms with Crippen molar-refractivity contribution in [3.05, 3.63) is 47.3 Å². The number of Topliss-reactive ketones (excluding diaryl/α,β-unsaturated/α-hetero) is 1. The predicted molar refractivity (Wildman–Crippen MR) is 75.5 cm³/mol. The molecule has 24 heavy (non-hydrogen) atoms. The highest BCUT2D eigenvalue weighted by Crippen LogP contribution is 2.37. The van der Waals surface area contributed by atoms with Crippen molar-refractivity contribution in [1.29, 1.82) is 5.26 Å². The second-order valence-corrected chi connectivity index (χ2v) is 4.84. The number of pyridine rings is 1. The van der Waals surface area contributed by atoms with E-state index in [1.54, 1.807) is 0 Å². The fraction of sp³-hybridized carbons (Fsp3) is 0.188. The maximum Gasteiger partial charge on any atom is 0.417 e. The number of alkyl halides is 3. The van der Waals surface area contributed by atoms with E-state index in [2.05, 4.69) is 4.98 Å². The number of rotatable bonds is 4. The molecule has 1 aromatic heterocycles. The highest BCUT2D eigenvalue weighted by Gasteiger charge is 2.36. The predicted octanol–water partition coefficient (Wildman–Crippen LogP) is 3.75. The van der Waals surface area contributed by atoms with E-state index in [4.69, 9.17) is 10.00 Å². The monoisotopic (exact) mass is 338 g/mol. The number of ether oxygens (including phenoxy) is 1. The molecule has 0 spiro atoms. The number of benzene rings is 1. The minimum Gasteiger partial charge on any atom is -0.469 e. The average molecular weight is 338 g/mol. The van der Waals surface area contributed by atoms with E-state index in [0.29, 0.717) is 6.07 Å². The lowest BCUT2D eigenvalue weighted by Gasteiger charge is -2.14. The molecular weight excluding hydrogens is 328 g/mol. The van der Waals surface area contributed by atoms with Gasteiger partial charge in [0, 0.05) is 5.56 Å². The highest BCUT2D eigenvalue weighted by molar-refractivity contribution is 5.77. The number of hydrogen-bond donors (Lipinski definition) is 0. The van der Waals surface area contributed by atoms with Crippen molar-refractivity contribution < 1.29 is 27.1 Å². The minimum atomic E-state index is -4.82. The van der Waals surface area contributed by atoms with Crippen molar-refractivity contribution >= 4 is 5.78 Å². The lowest BCUT2D eigenvalue weighted by Crippen LogP contribution is -2.14. The van der Waals surface area contributed by atoms with Gasteiger partial charge >= 0.3 is 6.18 Å². The summed E-state index contributed by atoms with van der Waals surface area (Å²) in [5, 5.41) is 9.02. The molecular formula is C16H10F4N2O2. The molecule has 2 rings (SSSR count). The molecule has 0 unspecified atom stereocenters. The lowest BCUT2D eigenvalue weighted by atomic mass is 10.0. The Morgan fingerprint density at radius 1 is 1.29 bits per heavy atom. The van der Waals surface area contributed by atoms with Crippen molar-refractivity contribution in [1.82, 2.24) is 4.98 Å². The summed E-state index contributed by atoms with van der Waals surface area (Å²) in [6.07, 6.45) is -4.82. The number of nitrogens with zero attached hydrogens (tertiary/aromatic N) is 2. The van der Waals surface area contributed by atoms with Crippen molar-refractivity contribution in [3.8, 4) is 23.2 Å². The van der Waals surface area contributed by atoms with Crippen LogP contribution >= 0.6 is 0 Å². The third kappa shape index (κ3) is 3.87. The van der Waals surface area contributed by atoms with Gasteiger partial charge in [-0.05, 0) is 37.3 Å². The van der Waals surface area contributed by atoms with Crippen LogP contribution in [0.3, 0.4) is 0 Å². The zero-order valence-corrected chi connectivity index (χ0v) is 12.3. The van der Waals surface area contributed by atoms with Gasteiger partial charge in [0.15, 0.2) is 5.78 Å². The first-order chi connectivity index (χ1) is 11.2. The summed E-state index contributed by atoms with van der Waals surface area (Å²) in [6, 6.07) is 6.72. The fourth-order valence-corrected chi connectivity index (χ4v) is 1.90. The normalized spacial score (nSPS) is 11.0. The molecule has 0 aliphatic rings. The van der Waals surface area contributed by atoms with Gasteiger partial charge in [0.1, 0.15) is 24.1 Å². The van der Waals surface area contributed by atoms with E-state index in [1.807, 2.05) is 0 Å². The third-order valence-electron chi connectivity index (χ3n) is 2.96. The molecule has 124 valence electrons. The molecule has 0 bridgehead atoms. The van der Waals surface area contributed by atoms with Crippen LogP contribution in [-0.2, 0) is 11.0 Å². The van der Waals surface area contributed by atoms with Crippen molar-refractivity contribution in [2.24, 2.45) is 0 Å². The summed E-state index contributed by atoms with van der Waals surface area (Å²) >= 11 is 0. The van der Waals surface area contributed by atoms with E-state index >= 15 is 0 Å². The van der Waals surface area contributed by atoms with Gasteiger partial charge < -0.3 is 4.74 Å². The molecule has 0 amide bonds. The first-order valence-corrected chi connectivity index (χ1v) is 6.63. The lowest BCUT2D eigenvalue weighted by molar-refractivity contribution is -0.137. The molecule has 0 aliphatic heterocycles. The van der Waals surface area contributed by atoms with E-state index in [1.165, 1.54) is 25.1 Å². The molecule has 2 aromatic rings.